The third kappa shape index (κ3) is 4.83. The number of amides is 2. The van der Waals surface area contributed by atoms with Crippen molar-refractivity contribution in [3.63, 3.8) is 0 Å². The Balaban J connectivity index is 1.58. The number of hydrogen-bond acceptors (Lipinski definition) is 3. The summed E-state index contributed by atoms with van der Waals surface area (Å²) in [5.41, 5.74) is 0.490. The van der Waals surface area contributed by atoms with Crippen molar-refractivity contribution in [3.05, 3.63) is 56.4 Å². The lowest BCUT2D eigenvalue weighted by atomic mass is 10.1. The highest BCUT2D eigenvalue weighted by molar-refractivity contribution is 9.10. The van der Waals surface area contributed by atoms with Gasteiger partial charge in [-0.3, -0.25) is 0 Å². The Morgan fingerprint density at radius 3 is 2.56 bits per heavy atom. The normalized spacial score (nSPS) is 15.6. The number of piperazine rings is 1. The van der Waals surface area contributed by atoms with Gasteiger partial charge in [0, 0.05) is 41.9 Å². The lowest BCUT2D eigenvalue weighted by Crippen LogP contribution is -2.52. The van der Waals surface area contributed by atoms with Gasteiger partial charge in [0.2, 0.25) is 0 Å². The second-order valence-electron chi connectivity index (χ2n) is 6.27. The zero-order valence-electron chi connectivity index (χ0n) is 14.6. The number of nitrogens with one attached hydrogen (secondary N) is 1. The highest BCUT2D eigenvalue weighted by atomic mass is 79.9. The Kier molecular flexibility index (Phi) is 6.44. The van der Waals surface area contributed by atoms with E-state index in [1.54, 1.807) is 18.0 Å². The van der Waals surface area contributed by atoms with Gasteiger partial charge in [-0.05, 0) is 52.7 Å². The average molecular weight is 476 g/mol. The second-order valence-corrected chi connectivity index (χ2v) is 8.00. The number of rotatable bonds is 3. The summed E-state index contributed by atoms with van der Waals surface area (Å²) in [6.45, 7) is 4.27. The molecule has 1 N–H and O–H groups in total. The number of halogens is 4. The topological polar surface area (TPSA) is 48.5 Å². The molecule has 144 valence electrons. The minimum Gasteiger partial charge on any atom is -0.353 e. The summed E-state index contributed by atoms with van der Waals surface area (Å²) in [7, 11) is 0. The van der Waals surface area contributed by atoms with Crippen LogP contribution in [-0.2, 0) is 0 Å². The third-order valence-corrected chi connectivity index (χ3v) is 5.53. The Hall–Kier alpha value is -1.57. The molecule has 9 heteroatoms. The van der Waals surface area contributed by atoms with E-state index in [9.17, 15) is 9.18 Å². The molecule has 0 aliphatic carbocycles. The highest BCUT2D eigenvalue weighted by Gasteiger charge is 2.24. The SMILES string of the molecule is CC(NC(=O)N1CCN(c2ccc(Br)cn2)CC1)c1cc(F)c(Cl)cc1Cl. The van der Waals surface area contributed by atoms with E-state index in [1.807, 2.05) is 12.1 Å². The average Bonchev–Trinajstić information content (AvgIpc) is 2.65. The summed E-state index contributed by atoms with van der Waals surface area (Å²) in [6.07, 6.45) is 1.76. The third-order valence-electron chi connectivity index (χ3n) is 4.45. The fraction of sp³-hybridized carbons (Fsp3) is 0.333. The lowest BCUT2D eigenvalue weighted by molar-refractivity contribution is 0.191. The first-order valence-corrected chi connectivity index (χ1v) is 9.96. The molecule has 0 saturated carbocycles. The first-order chi connectivity index (χ1) is 12.8. The molecule has 2 heterocycles. The van der Waals surface area contributed by atoms with E-state index in [0.29, 0.717) is 36.8 Å². The van der Waals surface area contributed by atoms with Gasteiger partial charge in [0.05, 0.1) is 11.1 Å². The van der Waals surface area contributed by atoms with Crippen LogP contribution in [0.25, 0.3) is 0 Å². The van der Waals surface area contributed by atoms with Gasteiger partial charge in [-0.1, -0.05) is 23.2 Å². The number of benzene rings is 1. The Labute approximate surface area is 175 Å². The van der Waals surface area contributed by atoms with Crippen molar-refractivity contribution in [3.8, 4) is 0 Å². The van der Waals surface area contributed by atoms with Crippen molar-refractivity contribution < 1.29 is 9.18 Å². The molecule has 1 aliphatic rings. The molecule has 0 radical (unpaired) electrons. The molecule has 0 spiro atoms. The summed E-state index contributed by atoms with van der Waals surface area (Å²) >= 11 is 15.2. The molecular formula is C18H18BrCl2FN4O. The standard InChI is InChI=1S/C18H18BrCl2FN4O/c1-11(13-8-16(22)15(21)9-14(13)20)24-18(27)26-6-4-25(5-7-26)17-3-2-12(19)10-23-17/h2-3,8-11H,4-7H2,1H3,(H,24,27). The Bertz CT molecular complexity index is 829. The zero-order chi connectivity index (χ0) is 19.6. The van der Waals surface area contributed by atoms with E-state index < -0.39 is 11.9 Å². The van der Waals surface area contributed by atoms with Crippen molar-refractivity contribution in [2.75, 3.05) is 31.1 Å². The van der Waals surface area contributed by atoms with E-state index in [4.69, 9.17) is 23.2 Å². The van der Waals surface area contributed by atoms with Gasteiger partial charge in [-0.15, -0.1) is 0 Å². The van der Waals surface area contributed by atoms with Crippen LogP contribution in [0.2, 0.25) is 10.0 Å². The molecule has 2 aromatic rings. The van der Waals surface area contributed by atoms with Gasteiger partial charge in [-0.25, -0.2) is 14.2 Å². The van der Waals surface area contributed by atoms with Crippen LogP contribution in [-0.4, -0.2) is 42.1 Å². The summed E-state index contributed by atoms with van der Waals surface area (Å²) in [5, 5.41) is 3.15. The lowest BCUT2D eigenvalue weighted by Gasteiger charge is -2.36. The fourth-order valence-corrected chi connectivity index (χ4v) is 3.70. The van der Waals surface area contributed by atoms with E-state index >= 15 is 0 Å². The summed E-state index contributed by atoms with van der Waals surface area (Å²) in [5.74, 6) is 0.322. The number of nitrogens with zero attached hydrogens (tertiary/aromatic N) is 3. The molecule has 27 heavy (non-hydrogen) atoms. The van der Waals surface area contributed by atoms with Crippen LogP contribution in [0.3, 0.4) is 0 Å². The van der Waals surface area contributed by atoms with Gasteiger partial charge in [-0.2, -0.15) is 0 Å². The summed E-state index contributed by atoms with van der Waals surface area (Å²) < 4.78 is 14.6. The van der Waals surface area contributed by atoms with Crippen LogP contribution in [0.1, 0.15) is 18.5 Å². The molecule has 1 fully saturated rings. The quantitative estimate of drug-likeness (QED) is 0.643. The van der Waals surface area contributed by atoms with Crippen molar-refractivity contribution >= 4 is 51.0 Å². The minimum absolute atomic E-state index is 0.0417. The minimum atomic E-state index is -0.562. The van der Waals surface area contributed by atoms with Crippen molar-refractivity contribution in [2.24, 2.45) is 0 Å². The fourth-order valence-electron chi connectivity index (χ4n) is 2.92. The number of pyridine rings is 1. The predicted octanol–water partition coefficient (Wildman–Crippen LogP) is 4.88. The monoisotopic (exact) mass is 474 g/mol. The number of carbonyl (C=O) groups excluding carboxylic acids is 1. The molecular weight excluding hydrogens is 458 g/mol. The molecule has 0 bridgehead atoms. The summed E-state index contributed by atoms with van der Waals surface area (Å²) in [6, 6.07) is 5.84. The maximum Gasteiger partial charge on any atom is 0.317 e. The van der Waals surface area contributed by atoms with Crippen LogP contribution in [0.5, 0.6) is 0 Å². The first kappa shape index (κ1) is 20.2. The molecule has 1 aromatic heterocycles. The molecule has 1 atom stereocenters. The Morgan fingerprint density at radius 1 is 1.22 bits per heavy atom. The van der Waals surface area contributed by atoms with E-state index in [1.165, 1.54) is 12.1 Å². The Morgan fingerprint density at radius 2 is 1.93 bits per heavy atom. The van der Waals surface area contributed by atoms with E-state index in [-0.39, 0.29) is 11.1 Å². The molecule has 2 amide bonds. The van der Waals surface area contributed by atoms with Crippen molar-refractivity contribution in [1.29, 1.82) is 0 Å². The number of aromatic nitrogens is 1. The second kappa shape index (κ2) is 8.63. The van der Waals surface area contributed by atoms with Crippen molar-refractivity contribution in [2.45, 2.75) is 13.0 Å². The van der Waals surface area contributed by atoms with Gasteiger partial charge < -0.3 is 15.1 Å². The molecule has 5 nitrogen and oxygen atoms in total. The first-order valence-electron chi connectivity index (χ1n) is 8.41. The molecule has 1 aliphatic heterocycles. The van der Waals surface area contributed by atoms with Crippen LogP contribution in [0, 0.1) is 5.82 Å². The van der Waals surface area contributed by atoms with Crippen molar-refractivity contribution in [1.82, 2.24) is 15.2 Å². The van der Waals surface area contributed by atoms with Crippen LogP contribution in [0.15, 0.2) is 34.9 Å². The molecule has 3 rings (SSSR count). The largest absolute Gasteiger partial charge is 0.353 e. The number of carbonyl (C=O) groups is 1. The van der Waals surface area contributed by atoms with E-state index in [0.717, 1.165) is 10.3 Å². The van der Waals surface area contributed by atoms with Crippen LogP contribution in [0.4, 0.5) is 15.0 Å². The number of hydrogen-bond donors (Lipinski definition) is 1. The van der Waals surface area contributed by atoms with Gasteiger partial charge in [0.1, 0.15) is 11.6 Å². The number of urea groups is 1. The zero-order valence-corrected chi connectivity index (χ0v) is 17.7. The van der Waals surface area contributed by atoms with E-state index in [2.05, 4.69) is 31.1 Å². The number of anilines is 1. The molecule has 1 saturated heterocycles. The van der Waals surface area contributed by atoms with Crippen LogP contribution < -0.4 is 10.2 Å². The molecule has 1 unspecified atom stereocenters. The van der Waals surface area contributed by atoms with Crippen LogP contribution >= 0.6 is 39.1 Å². The summed E-state index contributed by atoms with van der Waals surface area (Å²) in [4.78, 5) is 20.8. The molecule has 1 aromatic carbocycles. The van der Waals surface area contributed by atoms with Gasteiger partial charge in [0.15, 0.2) is 0 Å². The van der Waals surface area contributed by atoms with Gasteiger partial charge in [0.25, 0.3) is 0 Å². The van der Waals surface area contributed by atoms with Gasteiger partial charge >= 0.3 is 6.03 Å². The highest BCUT2D eigenvalue weighted by Crippen LogP contribution is 2.28. The smallest absolute Gasteiger partial charge is 0.317 e. The predicted molar refractivity (Wildman–Crippen MR) is 109 cm³/mol. The maximum absolute atomic E-state index is 13.7. The maximum atomic E-state index is 13.7.